The zero-order valence-electron chi connectivity index (χ0n) is 28.3. The van der Waals surface area contributed by atoms with Crippen LogP contribution in [0.25, 0.3) is 39.2 Å². The van der Waals surface area contributed by atoms with Crippen LogP contribution in [0.15, 0.2) is 71.8 Å². The van der Waals surface area contributed by atoms with Gasteiger partial charge in [0.05, 0.1) is 22.8 Å². The van der Waals surface area contributed by atoms with Gasteiger partial charge in [0.1, 0.15) is 11.5 Å². The first-order valence-electron chi connectivity index (χ1n) is 17.0. The van der Waals surface area contributed by atoms with Gasteiger partial charge in [-0.3, -0.25) is 18.8 Å². The normalized spacial score (nSPS) is 17.1. The standard InChI is InChI=1S/C38H36Cl2FN7O4/c1-52-37-22(16-42-19-25-6-9-33(49)45-25)5-8-31(47-37)28-4-2-3-27(35(28)39)30-15-24(41)14-29(36(30)40)21-11-12-48-32(13-21)44-18-23(38(48)51)17-43-20-26-7-10-34(50)46-26/h2-5,8,11-15,18,25-26,42-43H,6-7,9-10,16-17,19-20H2,1H3,(H,45,49)(H,46,50)/t25-,26+/m1/s1. The minimum atomic E-state index is -0.519. The minimum absolute atomic E-state index is 0.0375. The molecule has 7 rings (SSSR count). The summed E-state index contributed by atoms with van der Waals surface area (Å²) >= 11 is 14.0. The highest BCUT2D eigenvalue weighted by Crippen LogP contribution is 2.43. The summed E-state index contributed by atoms with van der Waals surface area (Å²) < 4.78 is 22.4. The number of ether oxygens (including phenoxy) is 1. The zero-order valence-corrected chi connectivity index (χ0v) is 29.8. The van der Waals surface area contributed by atoms with Gasteiger partial charge in [0.15, 0.2) is 0 Å². The number of nitrogens with zero attached hydrogens (tertiary/aromatic N) is 3. The number of methoxy groups -OCH3 is 1. The van der Waals surface area contributed by atoms with Gasteiger partial charge < -0.3 is 26.0 Å². The lowest BCUT2D eigenvalue weighted by molar-refractivity contribution is -0.120. The van der Waals surface area contributed by atoms with Crippen molar-refractivity contribution >= 4 is 40.7 Å². The molecule has 0 saturated carbocycles. The van der Waals surface area contributed by atoms with E-state index in [0.29, 0.717) is 94.6 Å². The molecule has 0 radical (unpaired) electrons. The SMILES string of the molecule is COc1nc(-c2cccc(-c3cc(F)cc(-c4ccn5c(=O)c(CNC[C@@H]6CCC(=O)N6)cnc5c4)c3Cl)c2Cl)ccc1CNC[C@H]1CCC(=O)N1. The molecule has 2 fully saturated rings. The number of hydrogen-bond donors (Lipinski definition) is 4. The lowest BCUT2D eigenvalue weighted by atomic mass is 9.96. The third-order valence-electron chi connectivity index (χ3n) is 9.41. The Bertz CT molecular complexity index is 2250. The van der Waals surface area contributed by atoms with Gasteiger partial charge in [-0.2, -0.15) is 0 Å². The van der Waals surface area contributed by atoms with E-state index in [9.17, 15) is 14.4 Å². The molecule has 5 heterocycles. The Morgan fingerprint density at radius 1 is 0.846 bits per heavy atom. The van der Waals surface area contributed by atoms with Crippen LogP contribution in [0.5, 0.6) is 5.88 Å². The Morgan fingerprint density at radius 3 is 2.17 bits per heavy atom. The first kappa shape index (κ1) is 35.5. The maximum Gasteiger partial charge on any atom is 0.262 e. The third-order valence-corrected chi connectivity index (χ3v) is 10.2. The molecule has 5 aromatic rings. The fourth-order valence-corrected chi connectivity index (χ4v) is 7.33. The summed E-state index contributed by atoms with van der Waals surface area (Å²) in [6.07, 6.45) is 5.74. The van der Waals surface area contributed by atoms with Crippen LogP contribution in [0.3, 0.4) is 0 Å². The van der Waals surface area contributed by atoms with E-state index in [1.807, 2.05) is 18.2 Å². The number of carbonyl (C=O) groups excluding carboxylic acids is 2. The van der Waals surface area contributed by atoms with Crippen molar-refractivity contribution in [3.8, 4) is 39.4 Å². The smallest absolute Gasteiger partial charge is 0.262 e. The number of carbonyl (C=O) groups is 2. The molecule has 3 aromatic heterocycles. The van der Waals surface area contributed by atoms with E-state index >= 15 is 4.39 Å². The predicted octanol–water partition coefficient (Wildman–Crippen LogP) is 5.28. The quantitative estimate of drug-likeness (QED) is 0.136. The molecule has 2 aromatic carbocycles. The van der Waals surface area contributed by atoms with Crippen LogP contribution in [-0.4, -0.2) is 58.5 Å². The lowest BCUT2D eigenvalue weighted by Gasteiger charge is -2.16. The third kappa shape index (κ3) is 7.51. The average Bonchev–Trinajstić information content (AvgIpc) is 3.76. The van der Waals surface area contributed by atoms with Gasteiger partial charge in [0, 0.05) is 96.9 Å². The van der Waals surface area contributed by atoms with E-state index in [1.54, 1.807) is 37.6 Å². The van der Waals surface area contributed by atoms with Crippen LogP contribution < -0.4 is 31.6 Å². The number of benzene rings is 2. The Morgan fingerprint density at radius 2 is 1.50 bits per heavy atom. The number of aromatic nitrogens is 3. The molecule has 268 valence electrons. The van der Waals surface area contributed by atoms with Crippen molar-refractivity contribution in [3.63, 3.8) is 0 Å². The molecular weight excluding hydrogens is 708 g/mol. The first-order chi connectivity index (χ1) is 25.2. The van der Waals surface area contributed by atoms with E-state index in [1.165, 1.54) is 22.7 Å². The maximum atomic E-state index is 15.3. The van der Waals surface area contributed by atoms with Crippen molar-refractivity contribution in [2.75, 3.05) is 20.2 Å². The average molecular weight is 745 g/mol. The molecule has 0 bridgehead atoms. The van der Waals surface area contributed by atoms with Crippen molar-refractivity contribution in [1.29, 1.82) is 0 Å². The summed E-state index contributed by atoms with van der Waals surface area (Å²) in [5.74, 6) is 0.0201. The van der Waals surface area contributed by atoms with Gasteiger partial charge in [-0.25, -0.2) is 14.4 Å². The van der Waals surface area contributed by atoms with Crippen molar-refractivity contribution in [2.24, 2.45) is 0 Å². The molecule has 52 heavy (non-hydrogen) atoms. The van der Waals surface area contributed by atoms with Gasteiger partial charge in [0.2, 0.25) is 17.7 Å². The molecule has 2 aliphatic rings. The van der Waals surface area contributed by atoms with Crippen molar-refractivity contribution in [2.45, 2.75) is 50.9 Å². The second-order valence-electron chi connectivity index (χ2n) is 12.9. The van der Waals surface area contributed by atoms with E-state index in [-0.39, 0.29) is 34.5 Å². The molecule has 11 nitrogen and oxygen atoms in total. The largest absolute Gasteiger partial charge is 0.481 e. The Kier molecular flexibility index (Phi) is 10.5. The van der Waals surface area contributed by atoms with E-state index in [4.69, 9.17) is 32.9 Å². The topological polar surface area (TPSA) is 139 Å². The molecule has 2 atom stereocenters. The van der Waals surface area contributed by atoms with Gasteiger partial charge in [-0.1, -0.05) is 47.5 Å². The molecule has 0 spiro atoms. The van der Waals surface area contributed by atoms with Crippen LogP contribution in [0.2, 0.25) is 10.0 Å². The summed E-state index contributed by atoms with van der Waals surface area (Å²) in [7, 11) is 1.55. The minimum Gasteiger partial charge on any atom is -0.481 e. The number of fused-ring (bicyclic) bond motifs is 1. The van der Waals surface area contributed by atoms with Crippen LogP contribution >= 0.6 is 23.2 Å². The van der Waals surface area contributed by atoms with Gasteiger partial charge in [-0.05, 0) is 48.7 Å². The zero-order chi connectivity index (χ0) is 36.4. The number of rotatable bonds is 12. The van der Waals surface area contributed by atoms with Crippen molar-refractivity contribution in [1.82, 2.24) is 35.6 Å². The van der Waals surface area contributed by atoms with Crippen LogP contribution in [0, 0.1) is 5.82 Å². The Hall–Kier alpha value is -4.88. The summed E-state index contributed by atoms with van der Waals surface area (Å²) in [6, 6.07) is 15.4. The maximum absolute atomic E-state index is 15.3. The molecule has 2 amide bonds. The van der Waals surface area contributed by atoms with Crippen LogP contribution in [0.1, 0.15) is 36.8 Å². The Balaban J connectivity index is 1.13. The van der Waals surface area contributed by atoms with E-state index in [2.05, 4.69) is 26.3 Å². The van der Waals surface area contributed by atoms with Gasteiger partial charge in [-0.15, -0.1) is 0 Å². The molecule has 0 aliphatic carbocycles. The van der Waals surface area contributed by atoms with Crippen molar-refractivity contribution in [3.05, 3.63) is 104 Å². The highest BCUT2D eigenvalue weighted by Gasteiger charge is 2.22. The van der Waals surface area contributed by atoms with E-state index < -0.39 is 5.82 Å². The van der Waals surface area contributed by atoms with Gasteiger partial charge in [0.25, 0.3) is 5.56 Å². The fourth-order valence-electron chi connectivity index (χ4n) is 6.69. The fraction of sp³-hybridized carbons (Fsp3) is 0.289. The van der Waals surface area contributed by atoms with Crippen molar-refractivity contribution < 1.29 is 18.7 Å². The number of nitrogens with one attached hydrogen (secondary N) is 4. The summed E-state index contributed by atoms with van der Waals surface area (Å²) in [5.41, 5.74) is 4.52. The lowest BCUT2D eigenvalue weighted by Crippen LogP contribution is -2.36. The molecule has 0 unspecified atom stereocenters. The molecule has 2 saturated heterocycles. The number of amides is 2. The second kappa shape index (κ2) is 15.4. The highest BCUT2D eigenvalue weighted by molar-refractivity contribution is 6.39. The summed E-state index contributed by atoms with van der Waals surface area (Å²) in [4.78, 5) is 45.5. The van der Waals surface area contributed by atoms with Gasteiger partial charge >= 0.3 is 0 Å². The monoisotopic (exact) mass is 743 g/mol. The number of pyridine rings is 2. The Labute approximate surface area is 308 Å². The number of halogens is 3. The number of hydrogen-bond acceptors (Lipinski definition) is 8. The molecule has 2 aliphatic heterocycles. The first-order valence-corrected chi connectivity index (χ1v) is 17.8. The van der Waals surface area contributed by atoms with Crippen LogP contribution in [-0.2, 0) is 22.7 Å². The second-order valence-corrected chi connectivity index (χ2v) is 13.7. The summed E-state index contributed by atoms with van der Waals surface area (Å²) in [6.45, 7) is 1.99. The van der Waals surface area contributed by atoms with Crippen LogP contribution in [0.4, 0.5) is 4.39 Å². The van der Waals surface area contributed by atoms with E-state index in [0.717, 1.165) is 18.4 Å². The molecular formula is C38H36Cl2FN7O4. The molecule has 4 N–H and O–H groups in total. The summed E-state index contributed by atoms with van der Waals surface area (Å²) in [5, 5.41) is 13.0. The predicted molar refractivity (Wildman–Crippen MR) is 198 cm³/mol. The molecule has 14 heteroatoms. The highest BCUT2D eigenvalue weighted by atomic mass is 35.5.